The number of nitrogens with one attached hydrogen (secondary N) is 1. The van der Waals surface area contributed by atoms with Gasteiger partial charge in [-0.2, -0.15) is 0 Å². The van der Waals surface area contributed by atoms with E-state index in [-0.39, 0.29) is 0 Å². The lowest BCUT2D eigenvalue weighted by Gasteiger charge is -2.08. The molecule has 1 N–H and O–H groups in total. The van der Waals surface area contributed by atoms with E-state index in [1.165, 1.54) is 14.8 Å². The van der Waals surface area contributed by atoms with Gasteiger partial charge in [0.25, 0.3) is 0 Å². The van der Waals surface area contributed by atoms with E-state index in [1.807, 2.05) is 6.08 Å². The van der Waals surface area contributed by atoms with E-state index in [1.54, 1.807) is 0 Å². The first-order valence-corrected chi connectivity index (χ1v) is 4.93. The summed E-state index contributed by atoms with van der Waals surface area (Å²) in [5.41, 5.74) is 2.50. The highest BCUT2D eigenvalue weighted by atomic mass is 127. The molecule has 0 fully saturated rings. The van der Waals surface area contributed by atoms with Gasteiger partial charge in [0, 0.05) is 15.8 Å². The molecule has 1 aromatic rings. The fourth-order valence-electron chi connectivity index (χ4n) is 0.981. The van der Waals surface area contributed by atoms with Crippen LogP contribution in [0.4, 0.5) is 5.69 Å². The van der Waals surface area contributed by atoms with Crippen molar-refractivity contribution in [1.29, 1.82) is 0 Å². The number of hydrogen-bond acceptors (Lipinski definition) is 1. The third-order valence-electron chi connectivity index (χ3n) is 1.70. The first-order valence-electron chi connectivity index (χ1n) is 3.85. The molecular formula is C10H12IN. The average molecular weight is 273 g/mol. The Morgan fingerprint density at radius 3 is 3.00 bits per heavy atom. The Balaban J connectivity index is 2.84. The van der Waals surface area contributed by atoms with E-state index in [9.17, 15) is 0 Å². The molecule has 1 rings (SSSR count). The van der Waals surface area contributed by atoms with Gasteiger partial charge in [-0.05, 0) is 47.2 Å². The van der Waals surface area contributed by atoms with Crippen LogP contribution >= 0.6 is 22.6 Å². The Kier molecular flexibility index (Phi) is 3.59. The second-order valence-electron chi connectivity index (χ2n) is 2.58. The highest BCUT2D eigenvalue weighted by Crippen LogP contribution is 2.19. The summed E-state index contributed by atoms with van der Waals surface area (Å²) >= 11 is 2.34. The Morgan fingerprint density at radius 2 is 2.33 bits per heavy atom. The SMILES string of the molecule is C=CCNc1cccc(I)c1C. The minimum atomic E-state index is 0.820. The minimum absolute atomic E-state index is 0.820. The van der Waals surface area contributed by atoms with E-state index in [4.69, 9.17) is 0 Å². The molecule has 0 aliphatic heterocycles. The molecule has 0 radical (unpaired) electrons. The summed E-state index contributed by atoms with van der Waals surface area (Å²) in [4.78, 5) is 0. The van der Waals surface area contributed by atoms with Crippen LogP contribution in [0.1, 0.15) is 5.56 Å². The maximum absolute atomic E-state index is 3.66. The zero-order valence-corrected chi connectivity index (χ0v) is 9.26. The maximum atomic E-state index is 3.66. The quantitative estimate of drug-likeness (QED) is 0.658. The molecule has 2 heteroatoms. The summed E-state index contributed by atoms with van der Waals surface area (Å²) < 4.78 is 1.29. The zero-order valence-electron chi connectivity index (χ0n) is 7.10. The van der Waals surface area contributed by atoms with Crippen LogP contribution in [0.25, 0.3) is 0 Å². The number of benzene rings is 1. The van der Waals surface area contributed by atoms with Gasteiger partial charge >= 0.3 is 0 Å². The predicted octanol–water partition coefficient (Wildman–Crippen LogP) is 3.20. The van der Waals surface area contributed by atoms with E-state index < -0.39 is 0 Å². The highest BCUT2D eigenvalue weighted by Gasteiger charge is 1.98. The lowest BCUT2D eigenvalue weighted by Crippen LogP contribution is -2.00. The monoisotopic (exact) mass is 273 g/mol. The van der Waals surface area contributed by atoms with Crippen LogP contribution in [0.5, 0.6) is 0 Å². The molecule has 0 heterocycles. The van der Waals surface area contributed by atoms with Crippen LogP contribution in [0.2, 0.25) is 0 Å². The van der Waals surface area contributed by atoms with Crippen molar-refractivity contribution in [2.24, 2.45) is 0 Å². The highest BCUT2D eigenvalue weighted by molar-refractivity contribution is 14.1. The molecule has 0 bridgehead atoms. The van der Waals surface area contributed by atoms with E-state index in [0.717, 1.165) is 6.54 Å². The second kappa shape index (κ2) is 4.50. The number of halogens is 1. The largest absolute Gasteiger partial charge is 0.381 e. The van der Waals surface area contributed by atoms with E-state index in [0.29, 0.717) is 0 Å². The molecule has 0 unspecified atom stereocenters. The van der Waals surface area contributed by atoms with Gasteiger partial charge < -0.3 is 5.32 Å². The molecule has 0 atom stereocenters. The van der Waals surface area contributed by atoms with Gasteiger partial charge in [0.1, 0.15) is 0 Å². The molecular weight excluding hydrogens is 261 g/mol. The molecule has 1 aromatic carbocycles. The fraction of sp³-hybridized carbons (Fsp3) is 0.200. The van der Waals surface area contributed by atoms with Gasteiger partial charge in [0.2, 0.25) is 0 Å². The molecule has 0 saturated carbocycles. The summed E-state index contributed by atoms with van der Waals surface area (Å²) in [6, 6.07) is 6.25. The van der Waals surface area contributed by atoms with E-state index in [2.05, 4.69) is 59.6 Å². The molecule has 0 spiro atoms. The van der Waals surface area contributed by atoms with Gasteiger partial charge in [0.05, 0.1) is 0 Å². The summed E-state index contributed by atoms with van der Waals surface area (Å²) in [6.45, 7) is 6.60. The van der Waals surface area contributed by atoms with Crippen molar-refractivity contribution in [1.82, 2.24) is 0 Å². The van der Waals surface area contributed by atoms with Crippen LogP contribution < -0.4 is 5.32 Å². The van der Waals surface area contributed by atoms with Crippen molar-refractivity contribution < 1.29 is 0 Å². The first-order chi connectivity index (χ1) is 5.75. The normalized spacial score (nSPS) is 9.50. The predicted molar refractivity (Wildman–Crippen MR) is 62.6 cm³/mol. The number of rotatable bonds is 3. The first kappa shape index (κ1) is 9.58. The number of anilines is 1. The van der Waals surface area contributed by atoms with E-state index >= 15 is 0 Å². The van der Waals surface area contributed by atoms with Gasteiger partial charge in [-0.1, -0.05) is 12.1 Å². The van der Waals surface area contributed by atoms with Crippen LogP contribution in [0.3, 0.4) is 0 Å². The standard InChI is InChI=1S/C10H12IN/c1-3-7-12-10-6-4-5-9(11)8(10)2/h3-6,12H,1,7H2,2H3. The minimum Gasteiger partial charge on any atom is -0.381 e. The summed E-state index contributed by atoms with van der Waals surface area (Å²) in [6.07, 6.45) is 1.86. The Morgan fingerprint density at radius 1 is 1.58 bits per heavy atom. The molecule has 0 aromatic heterocycles. The van der Waals surface area contributed by atoms with Gasteiger partial charge in [-0.3, -0.25) is 0 Å². The molecule has 64 valence electrons. The Bertz CT molecular complexity index is 281. The molecule has 0 saturated heterocycles. The van der Waals surface area contributed by atoms with Crippen LogP contribution in [0.15, 0.2) is 30.9 Å². The molecule has 12 heavy (non-hydrogen) atoms. The lowest BCUT2D eigenvalue weighted by atomic mass is 10.2. The molecule has 1 nitrogen and oxygen atoms in total. The van der Waals surface area contributed by atoms with Crippen LogP contribution in [-0.2, 0) is 0 Å². The van der Waals surface area contributed by atoms with Crippen molar-refractivity contribution >= 4 is 28.3 Å². The van der Waals surface area contributed by atoms with Crippen LogP contribution in [-0.4, -0.2) is 6.54 Å². The summed E-state index contributed by atoms with van der Waals surface area (Å²) in [5, 5.41) is 3.28. The van der Waals surface area contributed by atoms with Crippen LogP contribution in [0, 0.1) is 10.5 Å². The van der Waals surface area contributed by atoms with Gasteiger partial charge in [0.15, 0.2) is 0 Å². The van der Waals surface area contributed by atoms with Gasteiger partial charge in [-0.15, -0.1) is 6.58 Å². The molecule has 0 amide bonds. The number of hydrogen-bond donors (Lipinski definition) is 1. The van der Waals surface area contributed by atoms with Crippen molar-refractivity contribution in [3.05, 3.63) is 40.0 Å². The van der Waals surface area contributed by atoms with Crippen molar-refractivity contribution in [2.45, 2.75) is 6.92 Å². The fourth-order valence-corrected chi connectivity index (χ4v) is 1.48. The Hall–Kier alpha value is -0.510. The van der Waals surface area contributed by atoms with Crippen molar-refractivity contribution in [2.75, 3.05) is 11.9 Å². The van der Waals surface area contributed by atoms with Crippen molar-refractivity contribution in [3.8, 4) is 0 Å². The van der Waals surface area contributed by atoms with Crippen molar-refractivity contribution in [3.63, 3.8) is 0 Å². The second-order valence-corrected chi connectivity index (χ2v) is 3.74. The lowest BCUT2D eigenvalue weighted by molar-refractivity contribution is 1.29. The maximum Gasteiger partial charge on any atom is 0.0382 e. The molecule has 0 aliphatic rings. The zero-order chi connectivity index (χ0) is 8.97. The summed E-state index contributed by atoms with van der Waals surface area (Å²) in [5.74, 6) is 0. The third kappa shape index (κ3) is 2.24. The molecule has 0 aliphatic carbocycles. The topological polar surface area (TPSA) is 12.0 Å². The van der Waals surface area contributed by atoms with Gasteiger partial charge in [-0.25, -0.2) is 0 Å². The summed E-state index contributed by atoms with van der Waals surface area (Å²) in [7, 11) is 0. The third-order valence-corrected chi connectivity index (χ3v) is 2.87. The Labute approximate surface area is 87.0 Å². The smallest absolute Gasteiger partial charge is 0.0382 e. The average Bonchev–Trinajstić information content (AvgIpc) is 2.08.